The van der Waals surface area contributed by atoms with Crippen molar-refractivity contribution in [2.45, 2.75) is 51.0 Å². The number of halogens is 2. The molecule has 3 aromatic rings. The van der Waals surface area contributed by atoms with Gasteiger partial charge in [-0.25, -0.2) is 11.0 Å². The molecule has 1 amide bonds. The van der Waals surface area contributed by atoms with E-state index in [0.29, 0.717) is 50.3 Å². The number of ether oxygens (including phenoxy) is 2. The second-order valence-corrected chi connectivity index (χ2v) is 11.9. The van der Waals surface area contributed by atoms with Gasteiger partial charge in [0.05, 0.1) is 30.0 Å². The fraction of sp³-hybridized carbons (Fsp3) is 0.455. The highest BCUT2D eigenvalue weighted by molar-refractivity contribution is 6.36. The van der Waals surface area contributed by atoms with Gasteiger partial charge >= 0.3 is 6.01 Å². The van der Waals surface area contributed by atoms with E-state index in [4.69, 9.17) is 37.6 Å². The minimum Gasteiger partial charge on any atom is -0.458 e. The first kappa shape index (κ1) is 30.1. The van der Waals surface area contributed by atoms with Crippen molar-refractivity contribution in [2.24, 2.45) is 0 Å². The van der Waals surface area contributed by atoms with E-state index in [0.717, 1.165) is 52.9 Å². The summed E-state index contributed by atoms with van der Waals surface area (Å²) in [4.78, 5) is 32.3. The van der Waals surface area contributed by atoms with Crippen LogP contribution in [0.5, 0.6) is 6.01 Å². The summed E-state index contributed by atoms with van der Waals surface area (Å²) in [6, 6.07) is 12.1. The van der Waals surface area contributed by atoms with Crippen molar-refractivity contribution >= 4 is 39.8 Å². The zero-order chi connectivity index (χ0) is 30.6. The summed E-state index contributed by atoms with van der Waals surface area (Å²) in [5.41, 5.74) is 2.97. The summed E-state index contributed by atoms with van der Waals surface area (Å²) in [6.45, 7) is 12.0. The minimum absolute atomic E-state index is 0.146. The predicted molar refractivity (Wildman–Crippen MR) is 169 cm³/mol. The molecule has 0 spiro atoms. The third kappa shape index (κ3) is 6.59. The molecule has 11 heteroatoms. The van der Waals surface area contributed by atoms with Gasteiger partial charge in [-0.05, 0) is 49.8 Å². The van der Waals surface area contributed by atoms with Gasteiger partial charge in [-0.1, -0.05) is 35.9 Å². The van der Waals surface area contributed by atoms with Crippen LogP contribution in [-0.4, -0.2) is 85.0 Å². The van der Waals surface area contributed by atoms with Crippen molar-refractivity contribution < 1.29 is 18.7 Å². The standard InChI is InChI=1S/C33H36ClFN6O3/c1-22(21-43-25-11-12-25)44-33-37-28-20-39(29-9-4-7-23-6-3-8-27(34)31(23)29)15-13-26(28)32(38-33)40-16-17-41(24(19-40)18-36-2)30(42)10-5-14-35/h3-10,22,24-25H,11-21H2,1H3/b10-5+/t22-,24-/m0/s1. The average Bonchev–Trinajstić information content (AvgIpc) is 3.87. The van der Waals surface area contributed by atoms with E-state index >= 15 is 0 Å². The Balaban J connectivity index is 1.31. The zero-order valence-electron chi connectivity index (χ0n) is 24.8. The van der Waals surface area contributed by atoms with Crippen molar-refractivity contribution in [3.63, 3.8) is 0 Å². The van der Waals surface area contributed by atoms with Gasteiger partial charge in [0.2, 0.25) is 12.5 Å². The Morgan fingerprint density at radius 3 is 2.77 bits per heavy atom. The number of carbonyl (C=O) groups excluding carboxylic acids is 1. The van der Waals surface area contributed by atoms with Crippen molar-refractivity contribution in [3.05, 3.63) is 76.2 Å². The van der Waals surface area contributed by atoms with Crippen molar-refractivity contribution in [2.75, 3.05) is 55.8 Å². The van der Waals surface area contributed by atoms with Crippen LogP contribution >= 0.6 is 11.6 Å². The molecule has 2 fully saturated rings. The second-order valence-electron chi connectivity index (χ2n) is 11.5. The summed E-state index contributed by atoms with van der Waals surface area (Å²) in [7, 11) is 0. The molecule has 3 aliphatic rings. The van der Waals surface area contributed by atoms with Crippen LogP contribution in [0.2, 0.25) is 5.02 Å². The molecule has 3 heterocycles. The quantitative estimate of drug-likeness (QED) is 0.227. The lowest BCUT2D eigenvalue weighted by molar-refractivity contribution is -0.128. The number of allylic oxidation sites excluding steroid dienone is 1. The molecule has 1 saturated carbocycles. The van der Waals surface area contributed by atoms with E-state index in [-0.39, 0.29) is 30.6 Å². The van der Waals surface area contributed by atoms with Gasteiger partial charge in [0, 0.05) is 48.9 Å². The number of hydrogen-bond donors (Lipinski definition) is 0. The second kappa shape index (κ2) is 13.4. The molecular formula is C33H36ClFN6O3. The number of benzene rings is 2. The van der Waals surface area contributed by atoms with E-state index in [1.54, 1.807) is 4.90 Å². The first-order valence-corrected chi connectivity index (χ1v) is 15.5. The van der Waals surface area contributed by atoms with Crippen LogP contribution in [0.25, 0.3) is 15.6 Å². The van der Waals surface area contributed by atoms with E-state index in [1.165, 1.54) is 12.2 Å². The predicted octanol–water partition coefficient (Wildman–Crippen LogP) is 5.25. The number of anilines is 2. The van der Waals surface area contributed by atoms with E-state index in [9.17, 15) is 9.18 Å². The fourth-order valence-electron chi connectivity index (χ4n) is 6.01. The van der Waals surface area contributed by atoms with E-state index in [2.05, 4.69) is 32.8 Å². The summed E-state index contributed by atoms with van der Waals surface area (Å²) >= 11 is 6.69. The Hall–Kier alpha value is -3.94. The lowest BCUT2D eigenvalue weighted by Crippen LogP contribution is -2.56. The van der Waals surface area contributed by atoms with Gasteiger partial charge in [0.25, 0.3) is 0 Å². The van der Waals surface area contributed by atoms with Crippen molar-refractivity contribution in [1.82, 2.24) is 14.9 Å². The maximum absolute atomic E-state index is 12.8. The van der Waals surface area contributed by atoms with E-state index in [1.807, 2.05) is 25.1 Å². The van der Waals surface area contributed by atoms with Gasteiger partial charge in [-0.15, -0.1) is 0 Å². The number of nitrogens with zero attached hydrogens (tertiary/aromatic N) is 6. The van der Waals surface area contributed by atoms with Gasteiger partial charge in [-0.2, -0.15) is 9.97 Å². The molecule has 230 valence electrons. The number of fused-ring (bicyclic) bond motifs is 2. The van der Waals surface area contributed by atoms with Crippen LogP contribution in [0.1, 0.15) is 31.0 Å². The Morgan fingerprint density at radius 1 is 1.18 bits per heavy atom. The van der Waals surface area contributed by atoms with Crippen LogP contribution in [0.3, 0.4) is 0 Å². The SMILES string of the molecule is [C-]#[N+]C[C@H]1CN(c2nc(O[C@@H](C)COC3CC3)nc3c2CCN(c2cccc4cccc(Cl)c24)C3)CCN1C(=O)/C=C/CF. The molecule has 0 N–H and O–H groups in total. The molecule has 6 rings (SSSR count). The van der Waals surface area contributed by atoms with E-state index < -0.39 is 6.67 Å². The largest absolute Gasteiger partial charge is 0.458 e. The molecule has 0 radical (unpaired) electrons. The summed E-state index contributed by atoms with van der Waals surface area (Å²) in [5.74, 6) is 0.496. The highest BCUT2D eigenvalue weighted by atomic mass is 35.5. The minimum atomic E-state index is -0.707. The molecular weight excluding hydrogens is 583 g/mol. The average molecular weight is 619 g/mol. The summed E-state index contributed by atoms with van der Waals surface area (Å²) in [5, 5.41) is 2.80. The molecule has 9 nitrogen and oxygen atoms in total. The maximum atomic E-state index is 12.8. The Kier molecular flexibility index (Phi) is 9.14. The highest BCUT2D eigenvalue weighted by Crippen LogP contribution is 2.37. The van der Waals surface area contributed by atoms with Crippen LogP contribution in [0.4, 0.5) is 15.9 Å². The molecule has 1 aromatic heterocycles. The fourth-order valence-corrected chi connectivity index (χ4v) is 6.29. The molecule has 1 saturated heterocycles. The number of piperazine rings is 1. The maximum Gasteiger partial charge on any atom is 0.319 e. The third-order valence-electron chi connectivity index (χ3n) is 8.31. The Labute approximate surface area is 262 Å². The summed E-state index contributed by atoms with van der Waals surface area (Å²) in [6.07, 6.45) is 5.43. The van der Waals surface area contributed by atoms with Crippen LogP contribution in [0, 0.1) is 6.57 Å². The van der Waals surface area contributed by atoms with Gasteiger partial charge in [0.1, 0.15) is 24.6 Å². The molecule has 0 unspecified atom stereocenters. The first-order chi connectivity index (χ1) is 21.4. The zero-order valence-corrected chi connectivity index (χ0v) is 25.5. The normalized spacial score (nSPS) is 19.2. The lowest BCUT2D eigenvalue weighted by Gasteiger charge is -2.41. The molecule has 2 aliphatic heterocycles. The van der Waals surface area contributed by atoms with Crippen molar-refractivity contribution in [1.29, 1.82) is 0 Å². The van der Waals surface area contributed by atoms with Crippen LogP contribution in [0.15, 0.2) is 48.6 Å². The first-order valence-electron chi connectivity index (χ1n) is 15.2. The molecule has 1 aliphatic carbocycles. The number of amides is 1. The molecule has 2 atom stereocenters. The number of hydrogen-bond acceptors (Lipinski definition) is 7. The topological polar surface area (TPSA) is 75.4 Å². The molecule has 44 heavy (non-hydrogen) atoms. The van der Waals surface area contributed by atoms with Crippen molar-refractivity contribution in [3.8, 4) is 6.01 Å². The Bertz CT molecular complexity index is 1590. The molecule has 0 bridgehead atoms. The van der Waals surface area contributed by atoms with Gasteiger partial charge in [0.15, 0.2) is 0 Å². The number of alkyl halides is 1. The smallest absolute Gasteiger partial charge is 0.319 e. The third-order valence-corrected chi connectivity index (χ3v) is 8.62. The molecule has 2 aromatic carbocycles. The van der Waals surface area contributed by atoms with Crippen LogP contribution < -0.4 is 14.5 Å². The highest BCUT2D eigenvalue weighted by Gasteiger charge is 2.35. The van der Waals surface area contributed by atoms with Crippen LogP contribution in [-0.2, 0) is 22.5 Å². The van der Waals surface area contributed by atoms with Gasteiger partial charge < -0.3 is 29.0 Å². The number of aromatic nitrogens is 2. The summed E-state index contributed by atoms with van der Waals surface area (Å²) < 4.78 is 24.8. The van der Waals surface area contributed by atoms with Gasteiger partial charge in [-0.3, -0.25) is 4.79 Å². The number of carbonyl (C=O) groups is 1. The number of rotatable bonds is 10. The monoisotopic (exact) mass is 618 g/mol. The Morgan fingerprint density at radius 2 is 2.00 bits per heavy atom. The lowest BCUT2D eigenvalue weighted by atomic mass is 10.0.